The van der Waals surface area contributed by atoms with Crippen LogP contribution in [-0.4, -0.2) is 47.2 Å². The number of aryl methyl sites for hydroxylation is 1. The van der Waals surface area contributed by atoms with Gasteiger partial charge in [0.1, 0.15) is 12.0 Å². The highest BCUT2D eigenvalue weighted by atomic mass is 16.5. The van der Waals surface area contributed by atoms with Crippen LogP contribution in [0.4, 0.5) is 4.79 Å². The zero-order valence-electron chi connectivity index (χ0n) is 12.6. The van der Waals surface area contributed by atoms with E-state index in [0.717, 1.165) is 36.7 Å². The molecular weight excluding hydrogens is 284 g/mol. The van der Waals surface area contributed by atoms with Gasteiger partial charge in [0.05, 0.1) is 12.0 Å². The van der Waals surface area contributed by atoms with Crippen molar-refractivity contribution in [2.24, 2.45) is 0 Å². The van der Waals surface area contributed by atoms with Gasteiger partial charge in [-0.3, -0.25) is 4.90 Å². The number of aromatic nitrogens is 1. The molecule has 1 aliphatic heterocycles. The molecule has 0 aliphatic carbocycles. The molecule has 1 N–H and O–H groups in total. The molecule has 0 unspecified atom stereocenters. The van der Waals surface area contributed by atoms with Crippen molar-refractivity contribution in [3.63, 3.8) is 0 Å². The molecule has 0 aromatic carbocycles. The SMILES string of the molecule is Cc1occc1CNC(=O)N1CCN(Cc2ccon2)CC1. The Hall–Kier alpha value is -2.28. The van der Waals surface area contributed by atoms with Gasteiger partial charge < -0.3 is 19.2 Å². The molecule has 0 spiro atoms. The molecule has 1 fully saturated rings. The highest BCUT2D eigenvalue weighted by Crippen LogP contribution is 2.09. The Morgan fingerprint density at radius 1 is 1.27 bits per heavy atom. The molecular formula is C15H20N4O3. The molecule has 0 bridgehead atoms. The normalized spacial score (nSPS) is 16.0. The number of carbonyl (C=O) groups is 1. The second-order valence-electron chi connectivity index (χ2n) is 5.41. The summed E-state index contributed by atoms with van der Waals surface area (Å²) in [5.41, 5.74) is 1.94. The van der Waals surface area contributed by atoms with E-state index in [1.807, 2.05) is 24.0 Å². The van der Waals surface area contributed by atoms with Crippen LogP contribution in [0.1, 0.15) is 17.0 Å². The van der Waals surface area contributed by atoms with Crippen molar-refractivity contribution in [1.82, 2.24) is 20.3 Å². The summed E-state index contributed by atoms with van der Waals surface area (Å²) >= 11 is 0. The Balaban J connectivity index is 1.42. The van der Waals surface area contributed by atoms with Crippen LogP contribution in [-0.2, 0) is 13.1 Å². The van der Waals surface area contributed by atoms with Gasteiger partial charge in [0.15, 0.2) is 0 Å². The molecule has 3 rings (SSSR count). The third-order valence-electron chi connectivity index (χ3n) is 3.93. The maximum absolute atomic E-state index is 12.2. The van der Waals surface area contributed by atoms with Crippen molar-refractivity contribution in [3.05, 3.63) is 41.7 Å². The molecule has 2 amide bonds. The van der Waals surface area contributed by atoms with E-state index in [0.29, 0.717) is 19.6 Å². The average Bonchev–Trinajstić information content (AvgIpc) is 3.17. The number of urea groups is 1. The lowest BCUT2D eigenvalue weighted by Gasteiger charge is -2.34. The van der Waals surface area contributed by atoms with Gasteiger partial charge >= 0.3 is 6.03 Å². The van der Waals surface area contributed by atoms with E-state index in [9.17, 15) is 4.79 Å². The predicted molar refractivity (Wildman–Crippen MR) is 79.0 cm³/mol. The van der Waals surface area contributed by atoms with Crippen LogP contribution in [0.25, 0.3) is 0 Å². The molecule has 0 atom stereocenters. The van der Waals surface area contributed by atoms with Crippen molar-refractivity contribution in [1.29, 1.82) is 0 Å². The summed E-state index contributed by atoms with van der Waals surface area (Å²) in [6, 6.07) is 3.72. The molecule has 7 heteroatoms. The van der Waals surface area contributed by atoms with E-state index in [4.69, 9.17) is 8.94 Å². The second-order valence-corrected chi connectivity index (χ2v) is 5.41. The number of piperazine rings is 1. The third kappa shape index (κ3) is 3.48. The maximum atomic E-state index is 12.2. The van der Waals surface area contributed by atoms with Crippen LogP contribution in [0, 0.1) is 6.92 Å². The van der Waals surface area contributed by atoms with Crippen LogP contribution in [0.2, 0.25) is 0 Å². The Bertz CT molecular complexity index is 600. The first-order valence-corrected chi connectivity index (χ1v) is 7.40. The van der Waals surface area contributed by atoms with Gasteiger partial charge in [-0.05, 0) is 13.0 Å². The highest BCUT2D eigenvalue weighted by Gasteiger charge is 2.21. The van der Waals surface area contributed by atoms with E-state index in [1.165, 1.54) is 0 Å². The topological polar surface area (TPSA) is 74.8 Å². The van der Waals surface area contributed by atoms with Crippen LogP contribution in [0.5, 0.6) is 0 Å². The zero-order chi connectivity index (χ0) is 15.4. The fourth-order valence-electron chi connectivity index (χ4n) is 2.53. The first-order chi connectivity index (χ1) is 10.7. The first-order valence-electron chi connectivity index (χ1n) is 7.40. The molecule has 2 aromatic rings. The lowest BCUT2D eigenvalue weighted by Crippen LogP contribution is -2.51. The smallest absolute Gasteiger partial charge is 0.317 e. The molecule has 1 saturated heterocycles. The number of nitrogens with one attached hydrogen (secondary N) is 1. The molecule has 118 valence electrons. The maximum Gasteiger partial charge on any atom is 0.317 e. The minimum Gasteiger partial charge on any atom is -0.469 e. The Labute approximate surface area is 128 Å². The fourth-order valence-corrected chi connectivity index (χ4v) is 2.53. The van der Waals surface area contributed by atoms with Crippen LogP contribution in [0.3, 0.4) is 0 Å². The Morgan fingerprint density at radius 3 is 2.73 bits per heavy atom. The molecule has 22 heavy (non-hydrogen) atoms. The van der Waals surface area contributed by atoms with E-state index >= 15 is 0 Å². The van der Waals surface area contributed by atoms with Crippen molar-refractivity contribution >= 4 is 6.03 Å². The van der Waals surface area contributed by atoms with Crippen LogP contribution < -0.4 is 5.32 Å². The van der Waals surface area contributed by atoms with Gasteiger partial charge in [-0.25, -0.2) is 4.79 Å². The van der Waals surface area contributed by atoms with E-state index < -0.39 is 0 Å². The third-order valence-corrected chi connectivity index (χ3v) is 3.93. The largest absolute Gasteiger partial charge is 0.469 e. The summed E-state index contributed by atoms with van der Waals surface area (Å²) in [5, 5.41) is 6.85. The molecule has 0 saturated carbocycles. The quantitative estimate of drug-likeness (QED) is 0.928. The average molecular weight is 304 g/mol. The van der Waals surface area contributed by atoms with Gasteiger partial charge in [-0.2, -0.15) is 0 Å². The Morgan fingerprint density at radius 2 is 2.09 bits per heavy atom. The molecule has 3 heterocycles. The van der Waals surface area contributed by atoms with Crippen molar-refractivity contribution in [3.8, 4) is 0 Å². The summed E-state index contributed by atoms with van der Waals surface area (Å²) in [6.07, 6.45) is 3.22. The van der Waals surface area contributed by atoms with Crippen molar-refractivity contribution < 1.29 is 13.7 Å². The molecule has 7 nitrogen and oxygen atoms in total. The number of rotatable bonds is 4. The molecule has 0 radical (unpaired) electrons. The molecule has 2 aromatic heterocycles. The van der Waals surface area contributed by atoms with Crippen molar-refractivity contribution in [2.45, 2.75) is 20.0 Å². The first kappa shape index (κ1) is 14.6. The summed E-state index contributed by atoms with van der Waals surface area (Å²) in [5.74, 6) is 0.845. The van der Waals surface area contributed by atoms with E-state index in [-0.39, 0.29) is 6.03 Å². The predicted octanol–water partition coefficient (Wildman–Crippen LogP) is 1.60. The van der Waals surface area contributed by atoms with E-state index in [2.05, 4.69) is 15.4 Å². The summed E-state index contributed by atoms with van der Waals surface area (Å²) in [4.78, 5) is 16.3. The monoisotopic (exact) mass is 304 g/mol. The van der Waals surface area contributed by atoms with Crippen LogP contribution in [0.15, 0.2) is 33.6 Å². The van der Waals surface area contributed by atoms with Gasteiger partial charge in [-0.1, -0.05) is 5.16 Å². The number of hydrogen-bond acceptors (Lipinski definition) is 5. The lowest BCUT2D eigenvalue weighted by atomic mass is 10.2. The number of hydrogen-bond donors (Lipinski definition) is 1. The second kappa shape index (κ2) is 6.65. The minimum absolute atomic E-state index is 0.0262. The standard InChI is InChI=1S/C15H20N4O3/c1-12-13(2-8-21-12)10-16-15(20)19-6-4-18(5-7-19)11-14-3-9-22-17-14/h2-3,8-9H,4-7,10-11H2,1H3,(H,16,20). The summed E-state index contributed by atoms with van der Waals surface area (Å²) in [7, 11) is 0. The number of amides is 2. The lowest BCUT2D eigenvalue weighted by molar-refractivity contribution is 0.133. The van der Waals surface area contributed by atoms with Crippen molar-refractivity contribution in [2.75, 3.05) is 26.2 Å². The number of nitrogens with zero attached hydrogens (tertiary/aromatic N) is 3. The van der Waals surface area contributed by atoms with Gasteiger partial charge in [0.25, 0.3) is 0 Å². The van der Waals surface area contributed by atoms with Gasteiger partial charge in [0.2, 0.25) is 0 Å². The highest BCUT2D eigenvalue weighted by molar-refractivity contribution is 5.74. The summed E-state index contributed by atoms with van der Waals surface area (Å²) < 4.78 is 10.1. The minimum atomic E-state index is -0.0262. The Kier molecular flexibility index (Phi) is 4.43. The number of furan rings is 1. The zero-order valence-corrected chi connectivity index (χ0v) is 12.6. The van der Waals surface area contributed by atoms with Gasteiger partial charge in [-0.15, -0.1) is 0 Å². The molecule has 1 aliphatic rings. The fraction of sp³-hybridized carbons (Fsp3) is 0.467. The van der Waals surface area contributed by atoms with Crippen LogP contribution >= 0.6 is 0 Å². The van der Waals surface area contributed by atoms with E-state index in [1.54, 1.807) is 12.5 Å². The van der Waals surface area contributed by atoms with Gasteiger partial charge in [0, 0.05) is 50.9 Å². The number of carbonyl (C=O) groups excluding carboxylic acids is 1. The summed E-state index contributed by atoms with van der Waals surface area (Å²) in [6.45, 7) is 6.27.